The molecule has 1 saturated heterocycles. The second-order valence-electron chi connectivity index (χ2n) is 6.96. The summed E-state index contributed by atoms with van der Waals surface area (Å²) >= 11 is 0. The number of rotatable bonds is 8. The van der Waals surface area contributed by atoms with Crippen molar-refractivity contribution in [3.8, 4) is 0 Å². The number of aliphatic imine (C=N–C) groups is 1. The number of hydrogen-bond acceptors (Lipinski definition) is 3. The Morgan fingerprint density at radius 1 is 1.22 bits per heavy atom. The molecule has 1 aromatic rings. The maximum Gasteiger partial charge on any atom is 0.194 e. The predicted molar refractivity (Wildman–Crippen MR) is 125 cm³/mol. The summed E-state index contributed by atoms with van der Waals surface area (Å²) in [6, 6.07) is 8.79. The molecular formula is C21H37IN4O. The average molecular weight is 488 g/mol. The van der Waals surface area contributed by atoms with Gasteiger partial charge in [0.25, 0.3) is 0 Å². The molecule has 6 heteroatoms. The second kappa shape index (κ2) is 13.3. The Bertz CT molecular complexity index is 559. The summed E-state index contributed by atoms with van der Waals surface area (Å²) < 4.78 is 5.76. The first-order valence-corrected chi connectivity index (χ1v) is 10.1. The van der Waals surface area contributed by atoms with Crippen LogP contribution in [0.3, 0.4) is 0 Å². The molecule has 0 unspecified atom stereocenters. The molecule has 0 amide bonds. The van der Waals surface area contributed by atoms with Gasteiger partial charge in [0.1, 0.15) is 0 Å². The number of likely N-dealkylation sites (tertiary alicyclic amines) is 1. The molecule has 0 spiro atoms. The van der Waals surface area contributed by atoms with Crippen LogP contribution in [0, 0.1) is 0 Å². The first-order valence-electron chi connectivity index (χ1n) is 10.1. The minimum Gasteiger partial charge on any atom is -0.378 e. The zero-order valence-corrected chi connectivity index (χ0v) is 19.7. The van der Waals surface area contributed by atoms with Gasteiger partial charge in [-0.05, 0) is 51.4 Å². The van der Waals surface area contributed by atoms with Crippen molar-refractivity contribution < 1.29 is 4.74 Å². The first kappa shape index (κ1) is 24.2. The highest BCUT2D eigenvalue weighted by Crippen LogP contribution is 2.14. The Hall–Kier alpha value is -0.860. The highest BCUT2D eigenvalue weighted by molar-refractivity contribution is 14.0. The van der Waals surface area contributed by atoms with E-state index >= 15 is 0 Å². The third kappa shape index (κ3) is 8.35. The van der Waals surface area contributed by atoms with Crippen molar-refractivity contribution in [3.63, 3.8) is 0 Å². The standard InChI is InChI=1S/C21H36N4O.HI/c1-5-22-21(25-13-11-20(12-14-25)26-7-3)23-16-18-9-8-10-19(15-18)17-24(4)6-2;/h8-10,15,20H,5-7,11-14,16-17H2,1-4H3,(H,22,23);1H. The van der Waals surface area contributed by atoms with Crippen LogP contribution in [0.4, 0.5) is 0 Å². The Morgan fingerprint density at radius 2 is 1.93 bits per heavy atom. The Labute approximate surface area is 182 Å². The molecule has 0 bridgehead atoms. The topological polar surface area (TPSA) is 40.1 Å². The van der Waals surface area contributed by atoms with E-state index in [1.807, 2.05) is 0 Å². The van der Waals surface area contributed by atoms with Crippen LogP contribution in [0.25, 0.3) is 0 Å². The number of guanidine groups is 1. The molecule has 0 aromatic heterocycles. The molecule has 1 N–H and O–H groups in total. The van der Waals surface area contributed by atoms with Crippen LogP contribution in [0.15, 0.2) is 29.3 Å². The highest BCUT2D eigenvalue weighted by atomic mass is 127. The third-order valence-corrected chi connectivity index (χ3v) is 4.87. The van der Waals surface area contributed by atoms with Crippen LogP contribution in [0.2, 0.25) is 0 Å². The van der Waals surface area contributed by atoms with Crippen molar-refractivity contribution in [2.45, 2.75) is 52.8 Å². The van der Waals surface area contributed by atoms with Crippen LogP contribution >= 0.6 is 24.0 Å². The van der Waals surface area contributed by atoms with E-state index in [0.29, 0.717) is 6.10 Å². The van der Waals surface area contributed by atoms with E-state index in [-0.39, 0.29) is 24.0 Å². The second-order valence-corrected chi connectivity index (χ2v) is 6.96. The van der Waals surface area contributed by atoms with E-state index in [1.165, 1.54) is 11.1 Å². The molecule has 1 aliphatic rings. The van der Waals surface area contributed by atoms with Gasteiger partial charge in [-0.3, -0.25) is 0 Å². The van der Waals surface area contributed by atoms with Gasteiger partial charge in [0.15, 0.2) is 5.96 Å². The summed E-state index contributed by atoms with van der Waals surface area (Å²) in [6.07, 6.45) is 2.57. The number of nitrogens with one attached hydrogen (secondary N) is 1. The lowest BCUT2D eigenvalue weighted by Crippen LogP contribution is -2.47. The molecule has 0 radical (unpaired) electrons. The molecule has 27 heavy (non-hydrogen) atoms. The van der Waals surface area contributed by atoms with E-state index < -0.39 is 0 Å². The Kier molecular flexibility index (Phi) is 11.9. The van der Waals surface area contributed by atoms with Gasteiger partial charge >= 0.3 is 0 Å². The molecular weight excluding hydrogens is 451 g/mol. The van der Waals surface area contributed by atoms with E-state index in [0.717, 1.165) is 64.7 Å². The van der Waals surface area contributed by atoms with Gasteiger partial charge in [0.05, 0.1) is 12.6 Å². The number of nitrogens with zero attached hydrogens (tertiary/aromatic N) is 3. The van der Waals surface area contributed by atoms with Crippen LogP contribution in [-0.2, 0) is 17.8 Å². The molecule has 2 rings (SSSR count). The lowest BCUT2D eigenvalue weighted by atomic mass is 10.1. The summed E-state index contributed by atoms with van der Waals surface area (Å²) in [5, 5.41) is 3.45. The predicted octanol–water partition coefficient (Wildman–Crippen LogP) is 3.72. The molecule has 5 nitrogen and oxygen atoms in total. The summed E-state index contributed by atoms with van der Waals surface area (Å²) in [5.74, 6) is 1.03. The molecule has 0 aliphatic carbocycles. The van der Waals surface area contributed by atoms with Crippen molar-refractivity contribution in [2.24, 2.45) is 4.99 Å². The fourth-order valence-electron chi connectivity index (χ4n) is 3.31. The van der Waals surface area contributed by atoms with Crippen LogP contribution in [-0.4, -0.2) is 61.7 Å². The van der Waals surface area contributed by atoms with Crippen molar-refractivity contribution >= 4 is 29.9 Å². The van der Waals surface area contributed by atoms with Crippen LogP contribution in [0.5, 0.6) is 0 Å². The van der Waals surface area contributed by atoms with E-state index in [9.17, 15) is 0 Å². The van der Waals surface area contributed by atoms with Crippen molar-refractivity contribution in [2.75, 3.05) is 39.8 Å². The molecule has 1 aliphatic heterocycles. The Morgan fingerprint density at radius 3 is 2.56 bits per heavy atom. The van der Waals surface area contributed by atoms with Crippen molar-refractivity contribution in [3.05, 3.63) is 35.4 Å². The lowest BCUT2D eigenvalue weighted by Gasteiger charge is -2.34. The first-order chi connectivity index (χ1) is 12.7. The number of piperidine rings is 1. The largest absolute Gasteiger partial charge is 0.378 e. The van der Waals surface area contributed by atoms with Gasteiger partial charge < -0.3 is 19.9 Å². The summed E-state index contributed by atoms with van der Waals surface area (Å²) in [7, 11) is 2.15. The molecule has 1 aromatic carbocycles. The number of benzene rings is 1. The van der Waals surface area contributed by atoms with Gasteiger partial charge in [-0.1, -0.05) is 31.2 Å². The quantitative estimate of drug-likeness (QED) is 0.344. The van der Waals surface area contributed by atoms with Crippen LogP contribution in [0.1, 0.15) is 44.7 Å². The maximum atomic E-state index is 5.76. The van der Waals surface area contributed by atoms with Gasteiger partial charge in [-0.15, -0.1) is 24.0 Å². The highest BCUT2D eigenvalue weighted by Gasteiger charge is 2.21. The molecule has 154 valence electrons. The number of halogens is 1. The normalized spacial score (nSPS) is 15.7. The van der Waals surface area contributed by atoms with Gasteiger partial charge in [-0.25, -0.2) is 4.99 Å². The fraction of sp³-hybridized carbons (Fsp3) is 0.667. The zero-order valence-electron chi connectivity index (χ0n) is 17.4. The number of hydrogen-bond donors (Lipinski definition) is 1. The van der Waals surface area contributed by atoms with Crippen LogP contribution < -0.4 is 5.32 Å². The maximum absolute atomic E-state index is 5.76. The van der Waals surface area contributed by atoms with E-state index in [2.05, 4.69) is 67.2 Å². The minimum atomic E-state index is 0. The smallest absolute Gasteiger partial charge is 0.194 e. The Balaban J connectivity index is 0.00000364. The minimum absolute atomic E-state index is 0. The lowest BCUT2D eigenvalue weighted by molar-refractivity contribution is 0.0263. The van der Waals surface area contributed by atoms with Gasteiger partial charge in [0.2, 0.25) is 0 Å². The SMILES string of the molecule is CCNC(=NCc1cccc(CN(C)CC)c1)N1CCC(OCC)CC1.I. The summed E-state index contributed by atoms with van der Waals surface area (Å²) in [6.45, 7) is 12.9. The van der Waals surface area contributed by atoms with Crippen molar-refractivity contribution in [1.29, 1.82) is 0 Å². The average Bonchev–Trinajstić information content (AvgIpc) is 2.66. The number of ether oxygens (including phenoxy) is 1. The van der Waals surface area contributed by atoms with E-state index in [1.54, 1.807) is 0 Å². The fourth-order valence-corrected chi connectivity index (χ4v) is 3.31. The monoisotopic (exact) mass is 488 g/mol. The van der Waals surface area contributed by atoms with Gasteiger partial charge in [0, 0.05) is 32.8 Å². The van der Waals surface area contributed by atoms with E-state index in [4.69, 9.17) is 9.73 Å². The summed E-state index contributed by atoms with van der Waals surface area (Å²) in [5.41, 5.74) is 2.62. The van der Waals surface area contributed by atoms with Gasteiger partial charge in [-0.2, -0.15) is 0 Å². The molecule has 0 atom stereocenters. The molecule has 0 saturated carbocycles. The third-order valence-electron chi connectivity index (χ3n) is 4.87. The summed E-state index contributed by atoms with van der Waals surface area (Å²) in [4.78, 5) is 9.58. The van der Waals surface area contributed by atoms with Crippen molar-refractivity contribution in [1.82, 2.24) is 15.1 Å². The molecule has 1 fully saturated rings. The zero-order chi connectivity index (χ0) is 18.8. The molecule has 1 heterocycles.